The van der Waals surface area contributed by atoms with Gasteiger partial charge in [0, 0.05) is 18.2 Å². The first kappa shape index (κ1) is 30.6. The molecule has 8 nitrogen and oxygen atoms in total. The molecule has 0 saturated carbocycles. The standard InChI is InChI=1S/C26H33Cl2N3O5S/c1-6-17(3)29-26(34)24(7-2)30(15-19-11-12-22(27)23(28)13-19)25(33)16-31(37(5,35)36)21-10-8-9-20(14-21)18(4)32/h8-14,17,24H,6-7,15-16H2,1-5H3,(H,29,34)/t17-,24-/m0/s1. The maximum atomic E-state index is 13.7. The minimum atomic E-state index is -3.91. The fraction of sp³-hybridized carbons (Fsp3) is 0.423. The number of amides is 2. The number of carbonyl (C=O) groups excluding carboxylic acids is 3. The van der Waals surface area contributed by atoms with Crippen LogP contribution in [0.2, 0.25) is 10.0 Å². The van der Waals surface area contributed by atoms with E-state index in [0.29, 0.717) is 34.0 Å². The average molecular weight is 571 g/mol. The lowest BCUT2D eigenvalue weighted by molar-refractivity contribution is -0.140. The first-order chi connectivity index (χ1) is 17.3. The van der Waals surface area contributed by atoms with Crippen molar-refractivity contribution in [2.75, 3.05) is 17.1 Å². The van der Waals surface area contributed by atoms with Crippen LogP contribution in [0, 0.1) is 0 Å². The quantitative estimate of drug-likeness (QED) is 0.373. The Morgan fingerprint density at radius 2 is 1.68 bits per heavy atom. The third-order valence-corrected chi connectivity index (χ3v) is 7.82. The van der Waals surface area contributed by atoms with Crippen molar-refractivity contribution in [1.29, 1.82) is 0 Å². The van der Waals surface area contributed by atoms with E-state index in [0.717, 1.165) is 10.6 Å². The number of rotatable bonds is 12. The van der Waals surface area contributed by atoms with Crippen molar-refractivity contribution in [3.63, 3.8) is 0 Å². The first-order valence-electron chi connectivity index (χ1n) is 11.9. The summed E-state index contributed by atoms with van der Waals surface area (Å²) in [7, 11) is -3.91. The minimum Gasteiger partial charge on any atom is -0.352 e. The molecule has 2 rings (SSSR count). The van der Waals surface area contributed by atoms with Crippen molar-refractivity contribution < 1.29 is 22.8 Å². The second kappa shape index (κ2) is 13.3. The Morgan fingerprint density at radius 1 is 1.00 bits per heavy atom. The molecule has 0 aliphatic rings. The number of sulfonamides is 1. The van der Waals surface area contributed by atoms with Gasteiger partial charge < -0.3 is 10.2 Å². The predicted molar refractivity (Wildman–Crippen MR) is 148 cm³/mol. The molecule has 0 radical (unpaired) electrons. The SMILES string of the molecule is CC[C@H](C)NC(=O)[C@H](CC)N(Cc1ccc(Cl)c(Cl)c1)C(=O)CN(c1cccc(C(C)=O)c1)S(C)(=O)=O. The molecular weight excluding hydrogens is 537 g/mol. The monoisotopic (exact) mass is 569 g/mol. The normalized spacial score (nSPS) is 12.9. The molecule has 37 heavy (non-hydrogen) atoms. The Balaban J connectivity index is 2.50. The van der Waals surface area contributed by atoms with Crippen LogP contribution in [-0.2, 0) is 26.2 Å². The molecule has 2 aromatic rings. The lowest BCUT2D eigenvalue weighted by atomic mass is 10.1. The van der Waals surface area contributed by atoms with E-state index in [4.69, 9.17) is 23.2 Å². The highest BCUT2D eigenvalue weighted by Gasteiger charge is 2.32. The zero-order valence-electron chi connectivity index (χ0n) is 21.6. The van der Waals surface area contributed by atoms with Gasteiger partial charge in [-0.2, -0.15) is 0 Å². The third kappa shape index (κ3) is 8.45. The third-order valence-electron chi connectivity index (χ3n) is 5.94. The van der Waals surface area contributed by atoms with Crippen LogP contribution >= 0.6 is 23.2 Å². The van der Waals surface area contributed by atoms with E-state index in [9.17, 15) is 22.8 Å². The first-order valence-corrected chi connectivity index (χ1v) is 14.5. The predicted octanol–water partition coefficient (Wildman–Crippen LogP) is 4.68. The Morgan fingerprint density at radius 3 is 2.22 bits per heavy atom. The van der Waals surface area contributed by atoms with E-state index in [2.05, 4.69) is 5.32 Å². The van der Waals surface area contributed by atoms with Crippen molar-refractivity contribution in [3.05, 3.63) is 63.6 Å². The summed E-state index contributed by atoms with van der Waals surface area (Å²) >= 11 is 12.2. The van der Waals surface area contributed by atoms with E-state index in [-0.39, 0.29) is 30.0 Å². The number of nitrogens with zero attached hydrogens (tertiary/aromatic N) is 2. The van der Waals surface area contributed by atoms with E-state index in [1.807, 2.05) is 13.8 Å². The minimum absolute atomic E-state index is 0.00718. The molecule has 0 spiro atoms. The van der Waals surface area contributed by atoms with Gasteiger partial charge in [-0.1, -0.05) is 55.2 Å². The van der Waals surface area contributed by atoms with Gasteiger partial charge in [-0.25, -0.2) is 8.42 Å². The van der Waals surface area contributed by atoms with Crippen LogP contribution in [0.4, 0.5) is 5.69 Å². The fourth-order valence-corrected chi connectivity index (χ4v) is 4.85. The molecule has 2 atom stereocenters. The van der Waals surface area contributed by atoms with Crippen LogP contribution in [0.1, 0.15) is 56.5 Å². The Hall–Kier alpha value is -2.62. The van der Waals surface area contributed by atoms with Crippen LogP contribution < -0.4 is 9.62 Å². The molecule has 0 bridgehead atoms. The molecule has 202 valence electrons. The van der Waals surface area contributed by atoms with Crippen molar-refractivity contribution >= 4 is 56.5 Å². The van der Waals surface area contributed by atoms with Gasteiger partial charge in [0.25, 0.3) is 0 Å². The molecule has 0 aliphatic heterocycles. The number of nitrogens with one attached hydrogen (secondary N) is 1. The molecular formula is C26H33Cl2N3O5S. The highest BCUT2D eigenvalue weighted by atomic mass is 35.5. The summed E-state index contributed by atoms with van der Waals surface area (Å²) < 4.78 is 26.4. The lowest BCUT2D eigenvalue weighted by Crippen LogP contribution is -2.53. The molecule has 11 heteroatoms. The number of benzene rings is 2. The van der Waals surface area contributed by atoms with Crippen molar-refractivity contribution in [3.8, 4) is 0 Å². The fourth-order valence-electron chi connectivity index (χ4n) is 3.69. The molecule has 0 saturated heterocycles. The summed E-state index contributed by atoms with van der Waals surface area (Å²) in [6, 6.07) is 9.98. The number of ketones is 1. The molecule has 0 unspecified atom stereocenters. The van der Waals surface area contributed by atoms with Crippen molar-refractivity contribution in [1.82, 2.24) is 10.2 Å². The number of carbonyl (C=O) groups is 3. The van der Waals surface area contributed by atoms with Gasteiger partial charge in [-0.15, -0.1) is 0 Å². The summed E-state index contributed by atoms with van der Waals surface area (Å²) in [5.74, 6) is -1.17. The second-order valence-corrected chi connectivity index (χ2v) is 11.6. The Kier molecular flexibility index (Phi) is 11.0. The van der Waals surface area contributed by atoms with E-state index in [1.54, 1.807) is 37.3 Å². The maximum Gasteiger partial charge on any atom is 0.244 e. The van der Waals surface area contributed by atoms with E-state index >= 15 is 0 Å². The van der Waals surface area contributed by atoms with Crippen LogP contribution in [0.25, 0.3) is 0 Å². The number of anilines is 1. The number of hydrogen-bond acceptors (Lipinski definition) is 5. The van der Waals surface area contributed by atoms with Gasteiger partial charge in [0.1, 0.15) is 12.6 Å². The molecule has 2 amide bonds. The highest BCUT2D eigenvalue weighted by molar-refractivity contribution is 7.92. The van der Waals surface area contributed by atoms with Gasteiger partial charge in [0.2, 0.25) is 21.8 Å². The number of hydrogen-bond donors (Lipinski definition) is 1. The summed E-state index contributed by atoms with van der Waals surface area (Å²) in [6.07, 6.45) is 1.99. The Labute approximate surface area is 229 Å². The summed E-state index contributed by atoms with van der Waals surface area (Å²) in [4.78, 5) is 40.1. The zero-order chi connectivity index (χ0) is 27.9. The van der Waals surface area contributed by atoms with Crippen LogP contribution in [0.3, 0.4) is 0 Å². The smallest absolute Gasteiger partial charge is 0.244 e. The second-order valence-electron chi connectivity index (χ2n) is 8.89. The van der Waals surface area contributed by atoms with Gasteiger partial charge >= 0.3 is 0 Å². The maximum absolute atomic E-state index is 13.7. The lowest BCUT2D eigenvalue weighted by Gasteiger charge is -2.33. The molecule has 0 aliphatic carbocycles. The van der Waals surface area contributed by atoms with Crippen LogP contribution in [0.5, 0.6) is 0 Å². The summed E-state index contributed by atoms with van der Waals surface area (Å²) in [5, 5.41) is 3.55. The molecule has 0 heterocycles. The van der Waals surface area contributed by atoms with Gasteiger partial charge in [-0.3, -0.25) is 18.7 Å². The molecule has 2 aromatic carbocycles. The topological polar surface area (TPSA) is 104 Å². The Bertz CT molecular complexity index is 1250. The van der Waals surface area contributed by atoms with E-state index < -0.39 is 28.5 Å². The largest absolute Gasteiger partial charge is 0.352 e. The summed E-state index contributed by atoms with van der Waals surface area (Å²) in [5.41, 5.74) is 1.11. The molecule has 0 fully saturated rings. The van der Waals surface area contributed by atoms with Crippen molar-refractivity contribution in [2.24, 2.45) is 0 Å². The van der Waals surface area contributed by atoms with Crippen LogP contribution in [0.15, 0.2) is 42.5 Å². The summed E-state index contributed by atoms with van der Waals surface area (Å²) in [6.45, 7) is 6.39. The van der Waals surface area contributed by atoms with E-state index in [1.165, 1.54) is 24.0 Å². The highest BCUT2D eigenvalue weighted by Crippen LogP contribution is 2.25. The van der Waals surface area contributed by atoms with Gasteiger partial charge in [0.15, 0.2) is 5.78 Å². The molecule has 1 N–H and O–H groups in total. The average Bonchev–Trinajstić information content (AvgIpc) is 2.83. The zero-order valence-corrected chi connectivity index (χ0v) is 24.0. The van der Waals surface area contributed by atoms with Crippen LogP contribution in [-0.4, -0.2) is 55.8 Å². The van der Waals surface area contributed by atoms with Gasteiger partial charge in [-0.05, 0) is 56.5 Å². The number of Topliss-reactive ketones (excluding diaryl/α,β-unsaturated/α-hetero) is 1. The molecule has 0 aromatic heterocycles. The van der Waals surface area contributed by atoms with Crippen molar-refractivity contribution in [2.45, 2.75) is 59.2 Å². The van der Waals surface area contributed by atoms with Gasteiger partial charge in [0.05, 0.1) is 22.0 Å². The number of halogens is 2.